The molecule has 0 bridgehead atoms. The van der Waals surface area contributed by atoms with Gasteiger partial charge in [-0.1, -0.05) is 17.7 Å². The average Bonchev–Trinajstić information content (AvgIpc) is 2.81. The van der Waals surface area contributed by atoms with Crippen LogP contribution < -0.4 is 5.32 Å². The number of fused-ring (bicyclic) bond motifs is 1. The largest absolute Gasteiger partial charge is 0.372 e. The van der Waals surface area contributed by atoms with Gasteiger partial charge in [-0.2, -0.15) is 0 Å². The Morgan fingerprint density at radius 3 is 3.12 bits per heavy atom. The third-order valence-electron chi connectivity index (χ3n) is 3.54. The topological polar surface area (TPSA) is 21.3 Å². The fourth-order valence-electron chi connectivity index (χ4n) is 2.76. The Balaban J connectivity index is 1.93. The van der Waals surface area contributed by atoms with Crippen molar-refractivity contribution >= 4 is 11.6 Å². The van der Waals surface area contributed by atoms with Crippen LogP contribution in [0, 0.1) is 0 Å². The first-order valence-corrected chi connectivity index (χ1v) is 6.36. The molecule has 16 heavy (non-hydrogen) atoms. The molecule has 86 valence electrons. The van der Waals surface area contributed by atoms with Crippen LogP contribution in [-0.2, 0) is 11.2 Å². The fraction of sp³-hybridized carbons (Fsp3) is 0.538. The number of hydrogen-bond donors (Lipinski definition) is 1. The molecule has 2 atom stereocenters. The number of nitrogens with one attached hydrogen (secondary N) is 1. The van der Waals surface area contributed by atoms with Crippen molar-refractivity contribution in [2.24, 2.45) is 0 Å². The lowest BCUT2D eigenvalue weighted by Crippen LogP contribution is -2.33. The van der Waals surface area contributed by atoms with E-state index in [2.05, 4.69) is 17.4 Å². The van der Waals surface area contributed by atoms with E-state index in [1.807, 2.05) is 6.07 Å². The van der Waals surface area contributed by atoms with Crippen molar-refractivity contribution in [3.8, 4) is 0 Å². The third kappa shape index (κ3) is 1.86. The smallest absolute Gasteiger partial charge is 0.0980 e. The summed E-state index contributed by atoms with van der Waals surface area (Å²) in [5.74, 6) is 0. The summed E-state index contributed by atoms with van der Waals surface area (Å²) in [5, 5.41) is 4.36. The Morgan fingerprint density at radius 1 is 1.38 bits per heavy atom. The van der Waals surface area contributed by atoms with Crippen LogP contribution in [0.15, 0.2) is 18.2 Å². The lowest BCUT2D eigenvalue weighted by Gasteiger charge is -2.30. The molecule has 0 radical (unpaired) electrons. The molecule has 1 unspecified atom stereocenters. The predicted octanol–water partition coefficient (Wildman–Crippen LogP) is 2.71. The van der Waals surface area contributed by atoms with E-state index in [1.165, 1.54) is 24.0 Å². The van der Waals surface area contributed by atoms with Gasteiger partial charge in [-0.3, -0.25) is 0 Å². The summed E-state index contributed by atoms with van der Waals surface area (Å²) < 4.78 is 5.92. The van der Waals surface area contributed by atoms with Gasteiger partial charge < -0.3 is 10.1 Å². The molecule has 1 aromatic rings. The number of ether oxygens (including phenoxy) is 1. The van der Waals surface area contributed by atoms with E-state index in [9.17, 15) is 0 Å². The second-order valence-corrected chi connectivity index (χ2v) is 5.02. The second kappa shape index (κ2) is 4.36. The third-order valence-corrected chi connectivity index (χ3v) is 3.78. The van der Waals surface area contributed by atoms with E-state index in [-0.39, 0.29) is 6.10 Å². The van der Waals surface area contributed by atoms with Gasteiger partial charge in [-0.25, -0.2) is 0 Å². The molecule has 1 saturated heterocycles. The zero-order valence-corrected chi connectivity index (χ0v) is 9.96. The summed E-state index contributed by atoms with van der Waals surface area (Å²) in [6.07, 6.45) is 3.68. The number of halogens is 1. The van der Waals surface area contributed by atoms with E-state index in [1.54, 1.807) is 0 Å². The molecule has 2 heterocycles. The highest BCUT2D eigenvalue weighted by Crippen LogP contribution is 2.33. The minimum atomic E-state index is 0.225. The first-order valence-electron chi connectivity index (χ1n) is 5.98. The van der Waals surface area contributed by atoms with Crippen molar-refractivity contribution in [3.05, 3.63) is 34.3 Å². The fourth-order valence-corrected chi connectivity index (χ4v) is 2.95. The maximum absolute atomic E-state index is 6.03. The van der Waals surface area contributed by atoms with Gasteiger partial charge in [0.15, 0.2) is 0 Å². The minimum absolute atomic E-state index is 0.225. The lowest BCUT2D eigenvalue weighted by atomic mass is 9.92. The maximum atomic E-state index is 6.03. The molecule has 0 spiro atoms. The summed E-state index contributed by atoms with van der Waals surface area (Å²) in [7, 11) is 0. The Hall–Kier alpha value is -0.570. The lowest BCUT2D eigenvalue weighted by molar-refractivity contribution is 0.0199. The summed E-state index contributed by atoms with van der Waals surface area (Å²) in [5.41, 5.74) is 2.69. The van der Waals surface area contributed by atoms with Crippen molar-refractivity contribution in [1.82, 2.24) is 5.32 Å². The van der Waals surface area contributed by atoms with Crippen LogP contribution in [-0.4, -0.2) is 19.2 Å². The molecule has 1 aromatic carbocycles. The average molecular weight is 238 g/mol. The van der Waals surface area contributed by atoms with Crippen molar-refractivity contribution in [1.29, 1.82) is 0 Å². The highest BCUT2D eigenvalue weighted by molar-refractivity contribution is 6.30. The van der Waals surface area contributed by atoms with E-state index >= 15 is 0 Å². The summed E-state index contributed by atoms with van der Waals surface area (Å²) in [6.45, 7) is 1.93. The standard InChI is InChI=1S/C13H16ClNO/c14-10-3-4-11-9(8-10)5-7-16-13(11)12-2-1-6-15-12/h3-4,8,12-13,15H,1-2,5-7H2/t12?,13-/m0/s1. The SMILES string of the molecule is Clc1ccc2c(c1)CCO[C@@H]2C1CCCN1. The first kappa shape index (κ1) is 10.6. The van der Waals surface area contributed by atoms with E-state index in [4.69, 9.17) is 16.3 Å². The van der Waals surface area contributed by atoms with Gasteiger partial charge in [-0.05, 0) is 49.1 Å². The van der Waals surface area contributed by atoms with Crippen LogP contribution in [0.3, 0.4) is 0 Å². The Bertz CT molecular complexity index is 388. The molecule has 2 aliphatic heterocycles. The van der Waals surface area contributed by atoms with Gasteiger partial charge in [-0.15, -0.1) is 0 Å². The molecule has 3 heteroatoms. The van der Waals surface area contributed by atoms with Gasteiger partial charge in [0, 0.05) is 11.1 Å². The summed E-state index contributed by atoms with van der Waals surface area (Å²) >= 11 is 6.03. The van der Waals surface area contributed by atoms with Crippen molar-refractivity contribution in [2.45, 2.75) is 31.4 Å². The van der Waals surface area contributed by atoms with Crippen LogP contribution >= 0.6 is 11.6 Å². The Labute approximate surface area is 101 Å². The van der Waals surface area contributed by atoms with Crippen LogP contribution in [0.4, 0.5) is 0 Å². The first-order chi connectivity index (χ1) is 7.84. The molecular weight excluding hydrogens is 222 g/mol. The van der Waals surface area contributed by atoms with Crippen LogP contribution in [0.2, 0.25) is 5.02 Å². The molecule has 0 aromatic heterocycles. The normalized spacial score (nSPS) is 29.1. The summed E-state index contributed by atoms with van der Waals surface area (Å²) in [6, 6.07) is 6.67. The molecule has 2 nitrogen and oxygen atoms in total. The zero-order valence-electron chi connectivity index (χ0n) is 9.21. The minimum Gasteiger partial charge on any atom is -0.372 e. The van der Waals surface area contributed by atoms with Crippen molar-refractivity contribution in [3.63, 3.8) is 0 Å². The van der Waals surface area contributed by atoms with Crippen molar-refractivity contribution < 1.29 is 4.74 Å². The molecule has 0 amide bonds. The number of hydrogen-bond acceptors (Lipinski definition) is 2. The van der Waals surface area contributed by atoms with E-state index in [0.29, 0.717) is 6.04 Å². The van der Waals surface area contributed by atoms with Gasteiger partial charge in [0.25, 0.3) is 0 Å². The molecule has 0 aliphatic carbocycles. The van der Waals surface area contributed by atoms with Crippen LogP contribution in [0.5, 0.6) is 0 Å². The highest BCUT2D eigenvalue weighted by Gasteiger charge is 2.30. The van der Waals surface area contributed by atoms with Gasteiger partial charge in [0.05, 0.1) is 12.7 Å². The molecule has 1 fully saturated rings. The number of benzene rings is 1. The van der Waals surface area contributed by atoms with E-state index in [0.717, 1.165) is 24.6 Å². The molecule has 0 saturated carbocycles. The van der Waals surface area contributed by atoms with E-state index < -0.39 is 0 Å². The quantitative estimate of drug-likeness (QED) is 0.811. The molecule has 2 aliphatic rings. The summed E-state index contributed by atoms with van der Waals surface area (Å²) in [4.78, 5) is 0. The number of rotatable bonds is 1. The van der Waals surface area contributed by atoms with Gasteiger partial charge in [0.2, 0.25) is 0 Å². The molecule has 1 N–H and O–H groups in total. The molecule has 3 rings (SSSR count). The maximum Gasteiger partial charge on any atom is 0.0980 e. The highest BCUT2D eigenvalue weighted by atomic mass is 35.5. The van der Waals surface area contributed by atoms with Gasteiger partial charge in [0.1, 0.15) is 0 Å². The van der Waals surface area contributed by atoms with Crippen LogP contribution in [0.1, 0.15) is 30.1 Å². The van der Waals surface area contributed by atoms with Gasteiger partial charge >= 0.3 is 0 Å². The zero-order chi connectivity index (χ0) is 11.0. The second-order valence-electron chi connectivity index (χ2n) is 4.59. The Kier molecular flexibility index (Phi) is 2.88. The van der Waals surface area contributed by atoms with Crippen molar-refractivity contribution in [2.75, 3.05) is 13.2 Å². The monoisotopic (exact) mass is 237 g/mol. The molecular formula is C13H16ClNO. The Morgan fingerprint density at radius 2 is 2.31 bits per heavy atom. The van der Waals surface area contributed by atoms with Crippen LogP contribution in [0.25, 0.3) is 0 Å². The predicted molar refractivity (Wildman–Crippen MR) is 64.9 cm³/mol.